The fourth-order valence-electron chi connectivity index (χ4n) is 1.23. The molecule has 1 aliphatic heterocycles. The largest absolute Gasteiger partial charge is 0.472 e. The highest BCUT2D eigenvalue weighted by molar-refractivity contribution is 9.10. The Morgan fingerprint density at radius 3 is 3.15 bits per heavy atom. The van der Waals surface area contributed by atoms with Crippen molar-refractivity contribution < 1.29 is 9.47 Å². The van der Waals surface area contributed by atoms with E-state index in [1.54, 1.807) is 0 Å². The van der Waals surface area contributed by atoms with Gasteiger partial charge in [-0.05, 0) is 22.0 Å². The van der Waals surface area contributed by atoms with Gasteiger partial charge in [0.1, 0.15) is 10.7 Å². The third-order valence-corrected chi connectivity index (χ3v) is 2.31. The van der Waals surface area contributed by atoms with Crippen molar-refractivity contribution >= 4 is 15.9 Å². The van der Waals surface area contributed by atoms with E-state index in [4.69, 9.17) is 9.47 Å². The van der Waals surface area contributed by atoms with Crippen LogP contribution in [-0.4, -0.2) is 24.3 Å². The van der Waals surface area contributed by atoms with E-state index in [0.717, 1.165) is 17.6 Å². The second-order valence-corrected chi connectivity index (χ2v) is 3.71. The normalized spacial score (nSPS) is 21.8. The average molecular weight is 244 g/mol. The molecular weight excluding hydrogens is 234 g/mol. The van der Waals surface area contributed by atoms with E-state index in [0.29, 0.717) is 12.5 Å². The molecule has 0 unspecified atom stereocenters. The van der Waals surface area contributed by atoms with Crippen LogP contribution in [0.1, 0.15) is 6.42 Å². The number of aromatic nitrogens is 1. The second kappa shape index (κ2) is 4.07. The van der Waals surface area contributed by atoms with Gasteiger partial charge < -0.3 is 9.47 Å². The van der Waals surface area contributed by atoms with E-state index in [1.807, 2.05) is 18.2 Å². The molecule has 1 aromatic heterocycles. The first-order valence-corrected chi connectivity index (χ1v) is 5.01. The summed E-state index contributed by atoms with van der Waals surface area (Å²) in [5.41, 5.74) is 0. The lowest BCUT2D eigenvalue weighted by atomic mass is 10.3. The molecule has 0 N–H and O–H groups in total. The van der Waals surface area contributed by atoms with Crippen LogP contribution in [-0.2, 0) is 4.74 Å². The van der Waals surface area contributed by atoms with E-state index in [1.165, 1.54) is 0 Å². The molecule has 1 fully saturated rings. The van der Waals surface area contributed by atoms with Gasteiger partial charge in [0.05, 0.1) is 13.2 Å². The van der Waals surface area contributed by atoms with Crippen LogP contribution in [0.2, 0.25) is 0 Å². The van der Waals surface area contributed by atoms with Crippen molar-refractivity contribution in [3.8, 4) is 5.88 Å². The minimum atomic E-state index is 0.168. The molecule has 13 heavy (non-hydrogen) atoms. The Labute approximate surface area is 85.2 Å². The van der Waals surface area contributed by atoms with Gasteiger partial charge in [0, 0.05) is 12.5 Å². The fraction of sp³-hybridized carbons (Fsp3) is 0.444. The van der Waals surface area contributed by atoms with Gasteiger partial charge in [-0.2, -0.15) is 0 Å². The average Bonchev–Trinajstić information content (AvgIpc) is 2.57. The first-order valence-electron chi connectivity index (χ1n) is 4.21. The zero-order valence-corrected chi connectivity index (χ0v) is 8.66. The molecule has 1 saturated heterocycles. The molecule has 1 aromatic rings. The zero-order valence-electron chi connectivity index (χ0n) is 7.07. The van der Waals surface area contributed by atoms with Crippen LogP contribution < -0.4 is 4.74 Å². The Morgan fingerprint density at radius 2 is 2.46 bits per heavy atom. The molecule has 70 valence electrons. The summed E-state index contributed by atoms with van der Waals surface area (Å²) in [7, 11) is 0. The first-order chi connectivity index (χ1) is 6.34. The quantitative estimate of drug-likeness (QED) is 0.745. The summed E-state index contributed by atoms with van der Waals surface area (Å²) in [5, 5.41) is 0. The molecule has 4 heteroatoms. The van der Waals surface area contributed by atoms with E-state index >= 15 is 0 Å². The van der Waals surface area contributed by atoms with Crippen LogP contribution in [0.15, 0.2) is 22.8 Å². The van der Waals surface area contributed by atoms with Gasteiger partial charge in [-0.25, -0.2) is 4.98 Å². The molecule has 0 saturated carbocycles. The van der Waals surface area contributed by atoms with Gasteiger partial charge in [0.25, 0.3) is 0 Å². The smallest absolute Gasteiger partial charge is 0.214 e. The summed E-state index contributed by atoms with van der Waals surface area (Å²) in [6.45, 7) is 1.47. The Morgan fingerprint density at radius 1 is 1.54 bits per heavy atom. The fourth-order valence-corrected chi connectivity index (χ4v) is 1.56. The molecule has 0 radical (unpaired) electrons. The molecule has 0 amide bonds. The monoisotopic (exact) mass is 243 g/mol. The van der Waals surface area contributed by atoms with E-state index in [-0.39, 0.29) is 6.10 Å². The van der Waals surface area contributed by atoms with Gasteiger partial charge in [0.15, 0.2) is 0 Å². The maximum absolute atomic E-state index is 5.59. The highest BCUT2D eigenvalue weighted by atomic mass is 79.9. The second-order valence-electron chi connectivity index (χ2n) is 2.90. The summed E-state index contributed by atoms with van der Waals surface area (Å²) >= 11 is 3.29. The number of rotatable bonds is 2. The Hall–Kier alpha value is -0.610. The van der Waals surface area contributed by atoms with Gasteiger partial charge in [-0.3, -0.25) is 0 Å². The predicted molar refractivity (Wildman–Crippen MR) is 51.8 cm³/mol. The highest BCUT2D eigenvalue weighted by Crippen LogP contribution is 2.16. The number of halogens is 1. The van der Waals surface area contributed by atoms with Gasteiger partial charge in [-0.1, -0.05) is 6.07 Å². The maximum atomic E-state index is 5.59. The van der Waals surface area contributed by atoms with Crippen LogP contribution in [0.4, 0.5) is 0 Å². The van der Waals surface area contributed by atoms with Crippen molar-refractivity contribution in [1.29, 1.82) is 0 Å². The highest BCUT2D eigenvalue weighted by Gasteiger charge is 2.17. The lowest BCUT2D eigenvalue weighted by molar-refractivity contribution is 0.138. The summed E-state index contributed by atoms with van der Waals surface area (Å²) in [6, 6.07) is 5.63. The number of hydrogen-bond acceptors (Lipinski definition) is 3. The molecule has 0 aliphatic carbocycles. The number of ether oxygens (including phenoxy) is 2. The van der Waals surface area contributed by atoms with Crippen molar-refractivity contribution in [3.05, 3.63) is 22.8 Å². The molecule has 2 heterocycles. The number of hydrogen-bond donors (Lipinski definition) is 0. The van der Waals surface area contributed by atoms with E-state index < -0.39 is 0 Å². The third-order valence-electron chi connectivity index (χ3n) is 1.86. The molecule has 3 nitrogen and oxygen atoms in total. The summed E-state index contributed by atoms with van der Waals surface area (Å²) in [5.74, 6) is 0.657. The lowest BCUT2D eigenvalue weighted by Gasteiger charge is -2.10. The molecule has 0 aromatic carbocycles. The van der Waals surface area contributed by atoms with E-state index in [9.17, 15) is 0 Å². The van der Waals surface area contributed by atoms with Crippen molar-refractivity contribution in [1.82, 2.24) is 4.98 Å². The Balaban J connectivity index is 2.00. The van der Waals surface area contributed by atoms with Crippen LogP contribution in [0.25, 0.3) is 0 Å². The zero-order chi connectivity index (χ0) is 9.10. The molecule has 2 rings (SSSR count). The Kier molecular flexibility index (Phi) is 2.80. The molecule has 1 atom stereocenters. The first kappa shape index (κ1) is 8.97. The standard InChI is InChI=1S/C9H10BrNO2/c10-8-2-1-3-9(11-8)13-7-4-5-12-6-7/h1-3,7H,4-6H2/t7-/m0/s1. The summed E-state index contributed by atoms with van der Waals surface area (Å²) in [4.78, 5) is 4.18. The molecular formula is C9H10BrNO2. The molecule has 1 aliphatic rings. The lowest BCUT2D eigenvalue weighted by Crippen LogP contribution is -2.16. The van der Waals surface area contributed by atoms with Gasteiger partial charge in [0.2, 0.25) is 5.88 Å². The number of nitrogens with zero attached hydrogens (tertiary/aromatic N) is 1. The van der Waals surface area contributed by atoms with Gasteiger partial charge in [-0.15, -0.1) is 0 Å². The minimum absolute atomic E-state index is 0.168. The van der Waals surface area contributed by atoms with Gasteiger partial charge >= 0.3 is 0 Å². The Bertz CT molecular complexity index is 287. The maximum Gasteiger partial charge on any atom is 0.214 e. The SMILES string of the molecule is Brc1cccc(O[C@H]2CCOC2)n1. The van der Waals surface area contributed by atoms with E-state index in [2.05, 4.69) is 20.9 Å². The number of pyridine rings is 1. The van der Waals surface area contributed by atoms with Crippen LogP contribution in [0.3, 0.4) is 0 Å². The van der Waals surface area contributed by atoms with Crippen LogP contribution >= 0.6 is 15.9 Å². The predicted octanol–water partition coefficient (Wildman–Crippen LogP) is 2.01. The van der Waals surface area contributed by atoms with Crippen molar-refractivity contribution in [2.24, 2.45) is 0 Å². The van der Waals surface area contributed by atoms with Crippen molar-refractivity contribution in [2.75, 3.05) is 13.2 Å². The topological polar surface area (TPSA) is 31.4 Å². The minimum Gasteiger partial charge on any atom is -0.472 e. The van der Waals surface area contributed by atoms with Crippen molar-refractivity contribution in [2.45, 2.75) is 12.5 Å². The third kappa shape index (κ3) is 2.42. The van der Waals surface area contributed by atoms with Crippen molar-refractivity contribution in [3.63, 3.8) is 0 Å². The van der Waals surface area contributed by atoms with Crippen LogP contribution in [0.5, 0.6) is 5.88 Å². The summed E-state index contributed by atoms with van der Waals surface area (Å²) in [6.07, 6.45) is 1.12. The molecule has 0 bridgehead atoms. The van der Waals surface area contributed by atoms with Crippen LogP contribution in [0, 0.1) is 0 Å². The summed E-state index contributed by atoms with van der Waals surface area (Å²) < 4.78 is 11.6. The molecule has 0 spiro atoms.